The van der Waals surface area contributed by atoms with Crippen LogP contribution in [-0.4, -0.2) is 50.2 Å². The lowest BCUT2D eigenvalue weighted by Gasteiger charge is -2.26. The minimum Gasteiger partial charge on any atom is -0.370 e. The third kappa shape index (κ3) is 4.12. The van der Waals surface area contributed by atoms with Gasteiger partial charge in [-0.3, -0.25) is 4.79 Å². The van der Waals surface area contributed by atoms with E-state index in [4.69, 9.17) is 4.74 Å². The summed E-state index contributed by atoms with van der Waals surface area (Å²) in [6.45, 7) is 5.21. The van der Waals surface area contributed by atoms with E-state index < -0.39 is 5.82 Å². The summed E-state index contributed by atoms with van der Waals surface area (Å²) in [6, 6.07) is 7.15. The Kier molecular flexibility index (Phi) is 5.43. The predicted octanol–water partition coefficient (Wildman–Crippen LogP) is 3.56. The van der Waals surface area contributed by atoms with E-state index in [1.54, 1.807) is 40.0 Å². The number of fused-ring (bicyclic) bond motifs is 1. The van der Waals surface area contributed by atoms with E-state index in [9.17, 15) is 9.18 Å². The molecule has 0 radical (unpaired) electrons. The fourth-order valence-electron chi connectivity index (χ4n) is 3.75. The molecule has 5 rings (SSSR count). The molecule has 0 bridgehead atoms. The van der Waals surface area contributed by atoms with Crippen LogP contribution < -0.4 is 10.2 Å². The van der Waals surface area contributed by atoms with Crippen molar-refractivity contribution in [3.8, 4) is 11.3 Å². The monoisotopic (exact) mass is 447 g/mol. The lowest BCUT2D eigenvalue weighted by atomic mass is 10.0. The summed E-state index contributed by atoms with van der Waals surface area (Å²) in [7, 11) is 0. The number of ether oxygens (including phenoxy) is 1. The fourth-order valence-corrected chi connectivity index (χ4v) is 3.75. The second-order valence-electron chi connectivity index (χ2n) is 8.01. The van der Waals surface area contributed by atoms with Gasteiger partial charge in [0.1, 0.15) is 18.1 Å². The summed E-state index contributed by atoms with van der Waals surface area (Å²) >= 11 is 0. The molecule has 1 fully saturated rings. The third-order valence-electron chi connectivity index (χ3n) is 5.48. The fraction of sp³-hybridized carbons (Fsp3) is 0.261. The van der Waals surface area contributed by atoms with Crippen molar-refractivity contribution in [1.29, 1.82) is 0 Å². The highest BCUT2D eigenvalue weighted by Crippen LogP contribution is 2.27. The Labute approximate surface area is 189 Å². The molecular formula is C23H22FN7O2. The van der Waals surface area contributed by atoms with Crippen molar-refractivity contribution in [3.05, 3.63) is 60.4 Å². The summed E-state index contributed by atoms with van der Waals surface area (Å²) in [6.07, 6.45) is 6.34. The van der Waals surface area contributed by atoms with Gasteiger partial charge in [0, 0.05) is 23.9 Å². The Morgan fingerprint density at radius 3 is 2.79 bits per heavy atom. The molecule has 0 spiro atoms. The highest BCUT2D eigenvalue weighted by atomic mass is 19.1. The Balaban J connectivity index is 1.41. The van der Waals surface area contributed by atoms with E-state index in [-0.39, 0.29) is 30.1 Å². The van der Waals surface area contributed by atoms with Gasteiger partial charge in [-0.05, 0) is 30.2 Å². The number of nitrogens with zero attached hydrogens (tertiary/aromatic N) is 6. The van der Waals surface area contributed by atoms with Crippen molar-refractivity contribution < 1.29 is 13.9 Å². The van der Waals surface area contributed by atoms with Gasteiger partial charge in [0.15, 0.2) is 5.82 Å². The smallest absolute Gasteiger partial charge is 0.253 e. The predicted molar refractivity (Wildman–Crippen MR) is 121 cm³/mol. The zero-order chi connectivity index (χ0) is 22.9. The van der Waals surface area contributed by atoms with Crippen molar-refractivity contribution in [3.63, 3.8) is 0 Å². The molecule has 10 heteroatoms. The number of pyridine rings is 2. The zero-order valence-electron chi connectivity index (χ0n) is 18.2. The maximum atomic E-state index is 14.6. The van der Waals surface area contributed by atoms with Crippen LogP contribution in [0.15, 0.2) is 49.1 Å². The molecule has 168 valence electrons. The molecule has 0 saturated carbocycles. The normalized spacial score (nSPS) is 14.3. The van der Waals surface area contributed by atoms with Crippen molar-refractivity contribution in [2.45, 2.75) is 19.8 Å². The van der Waals surface area contributed by atoms with Crippen LogP contribution in [-0.2, 0) is 9.53 Å². The van der Waals surface area contributed by atoms with Crippen LogP contribution in [0.4, 0.5) is 21.8 Å². The van der Waals surface area contributed by atoms with Gasteiger partial charge in [-0.25, -0.2) is 23.9 Å². The molecule has 5 heterocycles. The lowest BCUT2D eigenvalue weighted by molar-refractivity contribution is -0.125. The largest absolute Gasteiger partial charge is 0.370 e. The zero-order valence-corrected chi connectivity index (χ0v) is 18.2. The molecule has 0 atom stereocenters. The van der Waals surface area contributed by atoms with Crippen LogP contribution in [0, 0.1) is 5.82 Å². The van der Waals surface area contributed by atoms with Crippen LogP contribution in [0.2, 0.25) is 0 Å². The van der Waals surface area contributed by atoms with Gasteiger partial charge < -0.3 is 15.0 Å². The minimum atomic E-state index is -0.523. The number of nitrogens with one attached hydrogen (secondary N) is 1. The first kappa shape index (κ1) is 21.0. The number of anilines is 3. The standard InChI is InChI=1S/C23H22FN7O2/c1-14(2)17-11-27-31-6-5-15(9-19(17)31)22-18(24)12-26-23(29-22)28-20-4-3-16(10-25-20)30-7-8-33-13-21(30)32/h3-6,9-12,14H,7-8,13H2,1-2H3,(H,25,26,28,29). The molecule has 1 aliphatic rings. The average molecular weight is 447 g/mol. The number of rotatable bonds is 5. The number of carbonyl (C=O) groups excluding carboxylic acids is 1. The van der Waals surface area contributed by atoms with Gasteiger partial charge in [0.2, 0.25) is 5.95 Å². The van der Waals surface area contributed by atoms with Crippen LogP contribution in [0.3, 0.4) is 0 Å². The molecule has 9 nitrogen and oxygen atoms in total. The molecule has 0 aliphatic carbocycles. The molecule has 1 N–H and O–H groups in total. The number of amides is 1. The summed E-state index contributed by atoms with van der Waals surface area (Å²) < 4.78 is 21.6. The van der Waals surface area contributed by atoms with E-state index in [1.165, 1.54) is 0 Å². The van der Waals surface area contributed by atoms with Crippen LogP contribution in [0.5, 0.6) is 0 Å². The number of hydrogen-bond acceptors (Lipinski definition) is 7. The Morgan fingerprint density at radius 1 is 1.15 bits per heavy atom. The second-order valence-corrected chi connectivity index (χ2v) is 8.01. The first-order valence-electron chi connectivity index (χ1n) is 10.6. The highest BCUT2D eigenvalue weighted by Gasteiger charge is 2.20. The van der Waals surface area contributed by atoms with Gasteiger partial charge in [0.05, 0.1) is 36.4 Å². The SMILES string of the molecule is CC(C)c1cnn2ccc(-c3nc(Nc4ccc(N5CCOCC5=O)cn4)ncc3F)cc12. The maximum absolute atomic E-state index is 14.6. The number of aromatic nitrogens is 5. The maximum Gasteiger partial charge on any atom is 0.253 e. The third-order valence-corrected chi connectivity index (χ3v) is 5.48. The van der Waals surface area contributed by atoms with Crippen molar-refractivity contribution in [2.75, 3.05) is 30.0 Å². The van der Waals surface area contributed by atoms with Gasteiger partial charge in [-0.15, -0.1) is 0 Å². The Bertz CT molecular complexity index is 1320. The molecular weight excluding hydrogens is 425 g/mol. The van der Waals surface area contributed by atoms with Gasteiger partial charge >= 0.3 is 0 Å². The summed E-state index contributed by atoms with van der Waals surface area (Å²) in [5.74, 6) is 0.347. The van der Waals surface area contributed by atoms with Gasteiger partial charge in [-0.2, -0.15) is 5.10 Å². The Hall–Kier alpha value is -3.92. The quantitative estimate of drug-likeness (QED) is 0.500. The first-order chi connectivity index (χ1) is 16.0. The van der Waals surface area contributed by atoms with Gasteiger partial charge in [-0.1, -0.05) is 13.8 Å². The minimum absolute atomic E-state index is 0.0654. The molecule has 0 unspecified atom stereocenters. The second kappa shape index (κ2) is 8.55. The first-order valence-corrected chi connectivity index (χ1v) is 10.6. The summed E-state index contributed by atoms with van der Waals surface area (Å²) in [5.41, 5.74) is 3.48. The molecule has 0 aromatic carbocycles. The molecule has 33 heavy (non-hydrogen) atoms. The summed E-state index contributed by atoms with van der Waals surface area (Å²) in [5, 5.41) is 7.35. The molecule has 4 aromatic rings. The number of carbonyl (C=O) groups is 1. The van der Waals surface area contributed by atoms with E-state index >= 15 is 0 Å². The van der Waals surface area contributed by atoms with Crippen molar-refractivity contribution >= 4 is 28.9 Å². The molecule has 1 aliphatic heterocycles. The van der Waals surface area contributed by atoms with E-state index in [0.29, 0.717) is 30.2 Å². The molecule has 4 aromatic heterocycles. The summed E-state index contributed by atoms with van der Waals surface area (Å²) in [4.78, 5) is 26.4. The van der Waals surface area contributed by atoms with E-state index in [2.05, 4.69) is 39.2 Å². The van der Waals surface area contributed by atoms with Crippen LogP contribution in [0.1, 0.15) is 25.3 Å². The van der Waals surface area contributed by atoms with Crippen LogP contribution in [0.25, 0.3) is 16.8 Å². The highest BCUT2D eigenvalue weighted by molar-refractivity contribution is 5.94. The van der Waals surface area contributed by atoms with Crippen LogP contribution >= 0.6 is 0 Å². The number of hydrogen-bond donors (Lipinski definition) is 1. The van der Waals surface area contributed by atoms with Crippen molar-refractivity contribution in [2.24, 2.45) is 0 Å². The average Bonchev–Trinajstić information content (AvgIpc) is 3.25. The van der Waals surface area contributed by atoms with E-state index in [0.717, 1.165) is 17.3 Å². The Morgan fingerprint density at radius 2 is 2.03 bits per heavy atom. The molecule has 1 amide bonds. The number of morpholine rings is 1. The van der Waals surface area contributed by atoms with E-state index in [1.807, 2.05) is 12.3 Å². The molecule has 1 saturated heterocycles. The number of halogens is 1. The van der Waals surface area contributed by atoms with Gasteiger partial charge in [0.25, 0.3) is 5.91 Å². The van der Waals surface area contributed by atoms with Crippen molar-refractivity contribution in [1.82, 2.24) is 24.6 Å². The lowest BCUT2D eigenvalue weighted by Crippen LogP contribution is -2.41. The topological polar surface area (TPSA) is 97.5 Å².